The van der Waals surface area contributed by atoms with Crippen molar-refractivity contribution in [2.75, 3.05) is 0 Å². The third-order valence-corrected chi connectivity index (χ3v) is 2.19. The normalized spacial score (nSPS) is 11.7. The molecular weight excluding hydrogens is 235 g/mol. The minimum Gasteiger partial charge on any atom is -0.313 e. The first-order valence-electron chi connectivity index (χ1n) is 4.73. The van der Waals surface area contributed by atoms with Gasteiger partial charge in [0.25, 0.3) is 0 Å². The van der Waals surface area contributed by atoms with Gasteiger partial charge >= 0.3 is 11.9 Å². The van der Waals surface area contributed by atoms with Gasteiger partial charge in [-0.3, -0.25) is 9.55 Å². The molecule has 0 aliphatic heterocycles. The minimum absolute atomic E-state index is 0.188. The average molecular weight is 243 g/mol. The van der Waals surface area contributed by atoms with Crippen molar-refractivity contribution < 1.29 is 13.2 Å². The molecule has 0 aliphatic rings. The van der Waals surface area contributed by atoms with Gasteiger partial charge in [-0.05, 0) is 11.6 Å². The summed E-state index contributed by atoms with van der Waals surface area (Å²) in [4.78, 5) is 16.9. The Labute approximate surface area is 93.7 Å². The molecule has 0 radical (unpaired) electrons. The van der Waals surface area contributed by atoms with Gasteiger partial charge in [-0.1, -0.05) is 6.07 Å². The highest BCUT2D eigenvalue weighted by atomic mass is 19.4. The first-order chi connectivity index (χ1) is 7.97. The summed E-state index contributed by atoms with van der Waals surface area (Å²) in [5.74, 6) is 0. The van der Waals surface area contributed by atoms with Crippen LogP contribution in [0.15, 0.2) is 35.5 Å². The third kappa shape index (κ3) is 2.55. The molecule has 0 fully saturated rings. The lowest BCUT2D eigenvalue weighted by atomic mass is 10.2. The molecule has 7 heteroatoms. The number of rotatable bonds is 2. The Balaban J connectivity index is 2.20. The Bertz CT molecular complexity index is 553. The number of nitrogens with zero attached hydrogens (tertiary/aromatic N) is 2. The fraction of sp³-hybridized carbons (Fsp3) is 0.200. The SMILES string of the molecule is O=c1[nH]ccn1Cc1ccc(C(F)(F)F)nc1. The maximum absolute atomic E-state index is 12.2. The lowest BCUT2D eigenvalue weighted by Gasteiger charge is -2.06. The van der Waals surface area contributed by atoms with Crippen molar-refractivity contribution in [3.8, 4) is 0 Å². The van der Waals surface area contributed by atoms with Crippen LogP contribution in [0.4, 0.5) is 13.2 Å². The quantitative estimate of drug-likeness (QED) is 0.871. The second-order valence-corrected chi connectivity index (χ2v) is 3.44. The van der Waals surface area contributed by atoms with Crippen LogP contribution in [0.1, 0.15) is 11.3 Å². The molecule has 0 aromatic carbocycles. The summed E-state index contributed by atoms with van der Waals surface area (Å²) in [6, 6.07) is 2.20. The molecule has 0 atom stereocenters. The van der Waals surface area contributed by atoms with E-state index in [1.807, 2.05) is 0 Å². The van der Waals surface area contributed by atoms with Crippen LogP contribution in [0.5, 0.6) is 0 Å². The number of aromatic nitrogens is 3. The summed E-state index contributed by atoms with van der Waals surface area (Å²) < 4.78 is 38.1. The van der Waals surface area contributed by atoms with E-state index in [1.54, 1.807) is 0 Å². The van der Waals surface area contributed by atoms with E-state index in [4.69, 9.17) is 0 Å². The van der Waals surface area contributed by atoms with Crippen LogP contribution >= 0.6 is 0 Å². The van der Waals surface area contributed by atoms with E-state index in [0.29, 0.717) is 5.56 Å². The monoisotopic (exact) mass is 243 g/mol. The van der Waals surface area contributed by atoms with Crippen molar-refractivity contribution in [1.82, 2.24) is 14.5 Å². The standard InChI is InChI=1S/C10H8F3N3O/c11-10(12,13)8-2-1-7(5-15-8)6-16-4-3-14-9(16)17/h1-5H,6H2,(H,14,17). The zero-order valence-electron chi connectivity index (χ0n) is 8.53. The Morgan fingerprint density at radius 1 is 1.35 bits per heavy atom. The number of hydrogen-bond acceptors (Lipinski definition) is 2. The van der Waals surface area contributed by atoms with Crippen molar-refractivity contribution in [1.29, 1.82) is 0 Å². The van der Waals surface area contributed by atoms with Crippen LogP contribution in [0.25, 0.3) is 0 Å². The minimum atomic E-state index is -4.44. The van der Waals surface area contributed by atoms with E-state index in [2.05, 4.69) is 9.97 Å². The number of pyridine rings is 1. The van der Waals surface area contributed by atoms with E-state index >= 15 is 0 Å². The van der Waals surface area contributed by atoms with E-state index < -0.39 is 11.9 Å². The van der Waals surface area contributed by atoms with Gasteiger partial charge in [-0.15, -0.1) is 0 Å². The number of H-pyrrole nitrogens is 1. The van der Waals surface area contributed by atoms with Gasteiger partial charge in [0.15, 0.2) is 0 Å². The zero-order chi connectivity index (χ0) is 12.5. The summed E-state index contributed by atoms with van der Waals surface area (Å²) >= 11 is 0. The van der Waals surface area contributed by atoms with Gasteiger partial charge in [-0.2, -0.15) is 13.2 Å². The first-order valence-corrected chi connectivity index (χ1v) is 4.73. The molecule has 2 heterocycles. The Hall–Kier alpha value is -2.05. The van der Waals surface area contributed by atoms with Gasteiger partial charge in [0, 0.05) is 18.6 Å². The van der Waals surface area contributed by atoms with Gasteiger partial charge in [0.1, 0.15) is 5.69 Å². The maximum Gasteiger partial charge on any atom is 0.433 e. The van der Waals surface area contributed by atoms with Crippen LogP contribution in [0, 0.1) is 0 Å². The number of imidazole rings is 1. The highest BCUT2D eigenvalue weighted by Gasteiger charge is 2.31. The van der Waals surface area contributed by atoms with Crippen LogP contribution in [0.2, 0.25) is 0 Å². The molecule has 0 amide bonds. The molecule has 90 valence electrons. The van der Waals surface area contributed by atoms with Crippen molar-refractivity contribution in [2.45, 2.75) is 12.7 Å². The van der Waals surface area contributed by atoms with Gasteiger partial charge < -0.3 is 4.98 Å². The van der Waals surface area contributed by atoms with E-state index in [1.165, 1.54) is 23.0 Å². The molecule has 0 saturated heterocycles. The molecule has 0 unspecified atom stereocenters. The lowest BCUT2D eigenvalue weighted by Crippen LogP contribution is -2.17. The fourth-order valence-corrected chi connectivity index (χ4v) is 1.36. The van der Waals surface area contributed by atoms with Crippen LogP contribution in [0.3, 0.4) is 0 Å². The van der Waals surface area contributed by atoms with E-state index in [-0.39, 0.29) is 12.2 Å². The predicted molar refractivity (Wildman–Crippen MR) is 53.4 cm³/mol. The van der Waals surface area contributed by atoms with Gasteiger partial charge in [-0.25, -0.2) is 4.79 Å². The third-order valence-electron chi connectivity index (χ3n) is 2.19. The maximum atomic E-state index is 12.2. The summed E-state index contributed by atoms with van der Waals surface area (Å²) in [6.45, 7) is 0.188. The average Bonchev–Trinajstić information content (AvgIpc) is 2.64. The highest BCUT2D eigenvalue weighted by Crippen LogP contribution is 2.27. The number of hydrogen-bond donors (Lipinski definition) is 1. The van der Waals surface area contributed by atoms with Crippen LogP contribution in [-0.2, 0) is 12.7 Å². The van der Waals surface area contributed by atoms with Crippen molar-refractivity contribution in [3.63, 3.8) is 0 Å². The Morgan fingerprint density at radius 3 is 2.59 bits per heavy atom. The summed E-state index contributed by atoms with van der Waals surface area (Å²) in [7, 11) is 0. The molecule has 17 heavy (non-hydrogen) atoms. The number of halogens is 3. The molecule has 2 rings (SSSR count). The van der Waals surface area contributed by atoms with Gasteiger partial charge in [0.05, 0.1) is 6.54 Å². The molecule has 2 aromatic heterocycles. The summed E-state index contributed by atoms with van der Waals surface area (Å²) in [5.41, 5.74) is -0.729. The Morgan fingerprint density at radius 2 is 2.12 bits per heavy atom. The van der Waals surface area contributed by atoms with Crippen molar-refractivity contribution >= 4 is 0 Å². The van der Waals surface area contributed by atoms with E-state index in [9.17, 15) is 18.0 Å². The molecule has 0 saturated carbocycles. The first kappa shape index (κ1) is 11.4. The smallest absolute Gasteiger partial charge is 0.313 e. The summed E-state index contributed by atoms with van der Waals surface area (Å²) in [5, 5.41) is 0. The van der Waals surface area contributed by atoms with Crippen LogP contribution < -0.4 is 5.69 Å². The second-order valence-electron chi connectivity index (χ2n) is 3.44. The molecule has 4 nitrogen and oxygen atoms in total. The van der Waals surface area contributed by atoms with E-state index in [0.717, 1.165) is 12.3 Å². The molecule has 0 aliphatic carbocycles. The Kier molecular flexibility index (Phi) is 2.74. The lowest BCUT2D eigenvalue weighted by molar-refractivity contribution is -0.141. The number of nitrogens with one attached hydrogen (secondary N) is 1. The second kappa shape index (κ2) is 4.08. The zero-order valence-corrected chi connectivity index (χ0v) is 8.53. The topological polar surface area (TPSA) is 50.7 Å². The largest absolute Gasteiger partial charge is 0.433 e. The molecule has 0 spiro atoms. The molecule has 2 aromatic rings. The van der Waals surface area contributed by atoms with Gasteiger partial charge in [0.2, 0.25) is 0 Å². The molecule has 1 N–H and O–H groups in total. The predicted octanol–water partition coefficient (Wildman–Crippen LogP) is 1.64. The molecular formula is C10H8F3N3O. The number of alkyl halides is 3. The van der Waals surface area contributed by atoms with Crippen molar-refractivity contribution in [2.24, 2.45) is 0 Å². The van der Waals surface area contributed by atoms with Crippen molar-refractivity contribution in [3.05, 3.63) is 52.5 Å². The number of aromatic amines is 1. The fourth-order valence-electron chi connectivity index (χ4n) is 1.36. The molecule has 0 bridgehead atoms. The summed E-state index contributed by atoms with van der Waals surface area (Å²) in [6.07, 6.45) is -0.356. The van der Waals surface area contributed by atoms with Crippen LogP contribution in [-0.4, -0.2) is 14.5 Å². The highest BCUT2D eigenvalue weighted by molar-refractivity contribution is 5.16.